The van der Waals surface area contributed by atoms with E-state index in [-0.39, 0.29) is 18.5 Å². The van der Waals surface area contributed by atoms with Crippen molar-refractivity contribution in [3.8, 4) is 0 Å². The van der Waals surface area contributed by atoms with Crippen LogP contribution in [-0.4, -0.2) is 34.5 Å². The van der Waals surface area contributed by atoms with Gasteiger partial charge in [-0.1, -0.05) is 37.0 Å². The van der Waals surface area contributed by atoms with Crippen molar-refractivity contribution in [3.05, 3.63) is 35.4 Å². The fourth-order valence-corrected chi connectivity index (χ4v) is 2.85. The number of amides is 1. The Hall–Kier alpha value is -1.84. The van der Waals surface area contributed by atoms with Crippen LogP contribution in [0, 0.1) is 6.92 Å². The van der Waals surface area contributed by atoms with Crippen molar-refractivity contribution in [3.63, 3.8) is 0 Å². The SMILES string of the molecule is Cc1cccc(C(=O)N(CC(=O)O)C2CCCCC2)c1. The summed E-state index contributed by atoms with van der Waals surface area (Å²) >= 11 is 0. The lowest BCUT2D eigenvalue weighted by atomic mass is 9.93. The van der Waals surface area contributed by atoms with Gasteiger partial charge in [-0.25, -0.2) is 0 Å². The Labute approximate surface area is 119 Å². The van der Waals surface area contributed by atoms with Gasteiger partial charge in [0.05, 0.1) is 0 Å². The van der Waals surface area contributed by atoms with Crippen molar-refractivity contribution >= 4 is 11.9 Å². The molecule has 0 saturated heterocycles. The number of carbonyl (C=O) groups is 2. The number of hydrogen-bond acceptors (Lipinski definition) is 2. The number of carbonyl (C=O) groups excluding carboxylic acids is 1. The van der Waals surface area contributed by atoms with Crippen LogP contribution in [-0.2, 0) is 4.79 Å². The quantitative estimate of drug-likeness (QED) is 0.919. The van der Waals surface area contributed by atoms with Gasteiger partial charge in [0.1, 0.15) is 6.54 Å². The van der Waals surface area contributed by atoms with Gasteiger partial charge in [0.15, 0.2) is 0 Å². The molecule has 0 atom stereocenters. The summed E-state index contributed by atoms with van der Waals surface area (Å²) in [5.74, 6) is -1.11. The molecule has 4 nitrogen and oxygen atoms in total. The maximum Gasteiger partial charge on any atom is 0.323 e. The normalized spacial score (nSPS) is 15.8. The van der Waals surface area contributed by atoms with Crippen molar-refractivity contribution < 1.29 is 14.7 Å². The minimum absolute atomic E-state index is 0.0628. The lowest BCUT2D eigenvalue weighted by Crippen LogP contribution is -2.44. The maximum absolute atomic E-state index is 12.6. The number of aryl methyl sites for hydroxylation is 1. The van der Waals surface area contributed by atoms with Gasteiger partial charge < -0.3 is 10.0 Å². The molecule has 108 valence electrons. The monoisotopic (exact) mass is 275 g/mol. The van der Waals surface area contributed by atoms with Crippen molar-refractivity contribution in [2.24, 2.45) is 0 Å². The number of benzene rings is 1. The summed E-state index contributed by atoms with van der Waals surface area (Å²) in [6.07, 6.45) is 5.13. The molecule has 0 aromatic heterocycles. The Kier molecular flexibility index (Phi) is 4.77. The molecule has 1 N–H and O–H groups in total. The molecule has 0 heterocycles. The van der Waals surface area contributed by atoms with Crippen molar-refractivity contribution in [1.82, 2.24) is 4.90 Å². The summed E-state index contributed by atoms with van der Waals surface area (Å²) in [5, 5.41) is 9.07. The minimum Gasteiger partial charge on any atom is -0.480 e. The van der Waals surface area contributed by atoms with Crippen LogP contribution in [0.3, 0.4) is 0 Å². The van der Waals surface area contributed by atoms with E-state index < -0.39 is 5.97 Å². The first-order chi connectivity index (χ1) is 9.58. The molecule has 2 rings (SSSR count). The van der Waals surface area contributed by atoms with Gasteiger partial charge in [-0.15, -0.1) is 0 Å². The van der Waals surface area contributed by atoms with Crippen LogP contribution in [0.5, 0.6) is 0 Å². The van der Waals surface area contributed by atoms with E-state index in [1.807, 2.05) is 25.1 Å². The molecule has 4 heteroatoms. The summed E-state index contributed by atoms with van der Waals surface area (Å²) in [6.45, 7) is 1.72. The van der Waals surface area contributed by atoms with Gasteiger partial charge in [0.25, 0.3) is 5.91 Å². The summed E-state index contributed by atoms with van der Waals surface area (Å²) in [6, 6.07) is 7.40. The average Bonchev–Trinajstić information content (AvgIpc) is 2.45. The molecule has 1 fully saturated rings. The van der Waals surface area contributed by atoms with Crippen molar-refractivity contribution in [2.75, 3.05) is 6.54 Å². The Balaban J connectivity index is 2.20. The van der Waals surface area contributed by atoms with Crippen LogP contribution in [0.25, 0.3) is 0 Å². The number of nitrogens with zero attached hydrogens (tertiary/aromatic N) is 1. The van der Waals surface area contributed by atoms with E-state index in [1.165, 1.54) is 11.3 Å². The van der Waals surface area contributed by atoms with Crippen LogP contribution in [0.15, 0.2) is 24.3 Å². The van der Waals surface area contributed by atoms with E-state index in [9.17, 15) is 9.59 Å². The fraction of sp³-hybridized carbons (Fsp3) is 0.500. The predicted octanol–water partition coefficient (Wildman–Crippen LogP) is 2.85. The average molecular weight is 275 g/mol. The van der Waals surface area contributed by atoms with E-state index in [1.54, 1.807) is 6.07 Å². The molecule has 20 heavy (non-hydrogen) atoms. The highest BCUT2D eigenvalue weighted by Crippen LogP contribution is 2.24. The van der Waals surface area contributed by atoms with E-state index in [2.05, 4.69) is 0 Å². The molecule has 0 radical (unpaired) electrons. The number of carboxylic acids is 1. The van der Waals surface area contributed by atoms with Gasteiger partial charge in [-0.2, -0.15) is 0 Å². The van der Waals surface area contributed by atoms with Crippen LogP contribution in [0.2, 0.25) is 0 Å². The zero-order chi connectivity index (χ0) is 14.5. The summed E-state index contributed by atoms with van der Waals surface area (Å²) in [5.41, 5.74) is 1.59. The first-order valence-electron chi connectivity index (χ1n) is 7.17. The minimum atomic E-state index is -0.948. The molecule has 1 amide bonds. The number of hydrogen-bond donors (Lipinski definition) is 1. The highest BCUT2D eigenvalue weighted by Gasteiger charge is 2.27. The molecule has 1 aliphatic carbocycles. The number of carboxylic acid groups (broad SMARTS) is 1. The van der Waals surface area contributed by atoms with E-state index in [0.717, 1.165) is 31.2 Å². The molecule has 0 aliphatic heterocycles. The molecule has 0 spiro atoms. The molecule has 1 aliphatic rings. The van der Waals surface area contributed by atoms with Gasteiger partial charge >= 0.3 is 5.97 Å². The maximum atomic E-state index is 12.6. The Morgan fingerprint density at radius 2 is 1.95 bits per heavy atom. The molecule has 0 unspecified atom stereocenters. The first kappa shape index (κ1) is 14.6. The zero-order valence-corrected chi connectivity index (χ0v) is 11.8. The third kappa shape index (κ3) is 3.59. The van der Waals surface area contributed by atoms with Crippen LogP contribution < -0.4 is 0 Å². The highest BCUT2D eigenvalue weighted by molar-refractivity contribution is 5.96. The second kappa shape index (κ2) is 6.55. The standard InChI is InChI=1S/C16H21NO3/c1-12-6-5-7-13(10-12)16(20)17(11-15(18)19)14-8-3-2-4-9-14/h5-7,10,14H,2-4,8-9,11H2,1H3,(H,18,19). The third-order valence-electron chi connectivity index (χ3n) is 3.85. The molecular weight excluding hydrogens is 254 g/mol. The number of rotatable bonds is 4. The Bertz CT molecular complexity index is 492. The van der Waals surface area contributed by atoms with Crippen LogP contribution in [0.4, 0.5) is 0 Å². The topological polar surface area (TPSA) is 57.6 Å². The van der Waals surface area contributed by atoms with Gasteiger partial charge in [0.2, 0.25) is 0 Å². The predicted molar refractivity (Wildman–Crippen MR) is 76.7 cm³/mol. The van der Waals surface area contributed by atoms with Crippen molar-refractivity contribution in [2.45, 2.75) is 45.1 Å². The first-order valence-corrected chi connectivity index (χ1v) is 7.17. The van der Waals surface area contributed by atoms with Crippen molar-refractivity contribution in [1.29, 1.82) is 0 Å². The summed E-state index contributed by atoms with van der Waals surface area (Å²) in [4.78, 5) is 25.2. The smallest absolute Gasteiger partial charge is 0.323 e. The van der Waals surface area contributed by atoms with Crippen LogP contribution in [0.1, 0.15) is 48.0 Å². The second-order valence-electron chi connectivity index (χ2n) is 5.49. The molecular formula is C16H21NO3. The molecule has 1 saturated carbocycles. The molecule has 0 bridgehead atoms. The molecule has 1 aromatic carbocycles. The second-order valence-corrected chi connectivity index (χ2v) is 5.49. The van der Waals surface area contributed by atoms with Gasteiger partial charge in [-0.3, -0.25) is 9.59 Å². The fourth-order valence-electron chi connectivity index (χ4n) is 2.85. The molecule has 1 aromatic rings. The van der Waals surface area contributed by atoms with E-state index in [0.29, 0.717) is 5.56 Å². The largest absolute Gasteiger partial charge is 0.480 e. The number of aliphatic carboxylic acids is 1. The van der Waals surface area contributed by atoms with E-state index >= 15 is 0 Å². The zero-order valence-electron chi connectivity index (χ0n) is 11.8. The lowest BCUT2D eigenvalue weighted by Gasteiger charge is -2.33. The lowest BCUT2D eigenvalue weighted by molar-refractivity contribution is -0.138. The summed E-state index contributed by atoms with van der Waals surface area (Å²) < 4.78 is 0. The van der Waals surface area contributed by atoms with E-state index in [4.69, 9.17) is 5.11 Å². The Morgan fingerprint density at radius 1 is 1.25 bits per heavy atom. The van der Waals surface area contributed by atoms with Crippen LogP contribution >= 0.6 is 0 Å². The third-order valence-corrected chi connectivity index (χ3v) is 3.85. The summed E-state index contributed by atoms with van der Waals surface area (Å²) in [7, 11) is 0. The van der Waals surface area contributed by atoms with Gasteiger partial charge in [-0.05, 0) is 31.9 Å². The van der Waals surface area contributed by atoms with Gasteiger partial charge in [0, 0.05) is 11.6 Å². The highest BCUT2D eigenvalue weighted by atomic mass is 16.4. The Morgan fingerprint density at radius 3 is 2.55 bits per heavy atom.